The molecule has 0 aliphatic carbocycles. The predicted molar refractivity (Wildman–Crippen MR) is 57.8 cm³/mol. The molecular formula is C11H15NO4. The highest BCUT2D eigenvalue weighted by Gasteiger charge is 2.30. The lowest BCUT2D eigenvalue weighted by molar-refractivity contribution is -0.140. The molecule has 1 amide bonds. The third kappa shape index (κ3) is 3.12. The number of carboxylic acids is 1. The van der Waals surface area contributed by atoms with Gasteiger partial charge in [0.1, 0.15) is 5.60 Å². The fraction of sp³-hybridized carbons (Fsp3) is 0.455. The Hall–Kier alpha value is -1.78. The van der Waals surface area contributed by atoms with Crippen LogP contribution in [0.2, 0.25) is 0 Å². The summed E-state index contributed by atoms with van der Waals surface area (Å²) in [4.78, 5) is 23.6. The van der Waals surface area contributed by atoms with Gasteiger partial charge >= 0.3 is 12.1 Å². The molecular weight excluding hydrogens is 210 g/mol. The van der Waals surface area contributed by atoms with Crippen molar-refractivity contribution in [2.75, 3.05) is 0 Å². The molecule has 88 valence electrons. The van der Waals surface area contributed by atoms with Crippen LogP contribution in [0.5, 0.6) is 0 Å². The first-order chi connectivity index (χ1) is 7.31. The van der Waals surface area contributed by atoms with Gasteiger partial charge in [0.2, 0.25) is 0 Å². The minimum absolute atomic E-state index is 0.644. The van der Waals surface area contributed by atoms with E-state index in [1.165, 1.54) is 12.3 Å². The summed E-state index contributed by atoms with van der Waals surface area (Å²) in [6, 6.07) is -1.00. The number of ether oxygens (including phenoxy) is 1. The van der Waals surface area contributed by atoms with Crippen molar-refractivity contribution in [1.82, 2.24) is 4.90 Å². The number of hydrogen-bond acceptors (Lipinski definition) is 3. The van der Waals surface area contributed by atoms with Crippen LogP contribution in [-0.4, -0.2) is 33.7 Å². The summed E-state index contributed by atoms with van der Waals surface area (Å²) in [5, 5.41) is 8.92. The maximum Gasteiger partial charge on any atom is 0.415 e. The van der Waals surface area contributed by atoms with Gasteiger partial charge in [0.05, 0.1) is 0 Å². The largest absolute Gasteiger partial charge is 0.479 e. The molecule has 0 saturated carbocycles. The second kappa shape index (κ2) is 4.38. The number of carboxylic acid groups (broad SMARTS) is 1. The molecule has 5 nitrogen and oxygen atoms in total. The van der Waals surface area contributed by atoms with Crippen molar-refractivity contribution >= 4 is 12.1 Å². The van der Waals surface area contributed by atoms with Gasteiger partial charge in [-0.15, -0.1) is 0 Å². The fourth-order valence-corrected chi connectivity index (χ4v) is 1.19. The Balaban J connectivity index is 2.78. The third-order valence-corrected chi connectivity index (χ3v) is 1.81. The van der Waals surface area contributed by atoms with Crippen molar-refractivity contribution in [2.45, 2.75) is 32.4 Å². The van der Waals surface area contributed by atoms with E-state index in [1.54, 1.807) is 32.9 Å². The van der Waals surface area contributed by atoms with E-state index >= 15 is 0 Å². The predicted octanol–water partition coefficient (Wildman–Crippen LogP) is 1.76. The molecule has 0 fully saturated rings. The lowest BCUT2D eigenvalue weighted by Gasteiger charge is -2.28. The summed E-state index contributed by atoms with van der Waals surface area (Å²) in [5.41, 5.74) is -0.644. The molecule has 1 unspecified atom stereocenters. The molecule has 1 aliphatic rings. The van der Waals surface area contributed by atoms with Gasteiger partial charge in [0, 0.05) is 6.20 Å². The lowest BCUT2D eigenvalue weighted by Crippen LogP contribution is -2.43. The van der Waals surface area contributed by atoms with Crippen molar-refractivity contribution in [3.05, 3.63) is 24.4 Å². The van der Waals surface area contributed by atoms with Crippen LogP contribution in [0.25, 0.3) is 0 Å². The van der Waals surface area contributed by atoms with E-state index in [4.69, 9.17) is 9.84 Å². The Labute approximate surface area is 94.0 Å². The third-order valence-electron chi connectivity index (χ3n) is 1.81. The van der Waals surface area contributed by atoms with Crippen molar-refractivity contribution < 1.29 is 19.4 Å². The molecule has 0 saturated heterocycles. The minimum Gasteiger partial charge on any atom is -0.479 e. The number of nitrogens with zero attached hydrogens (tertiary/aromatic N) is 1. The van der Waals surface area contributed by atoms with E-state index in [9.17, 15) is 9.59 Å². The van der Waals surface area contributed by atoms with E-state index < -0.39 is 23.7 Å². The van der Waals surface area contributed by atoms with E-state index in [0.29, 0.717) is 0 Å². The molecule has 1 atom stereocenters. The van der Waals surface area contributed by atoms with Gasteiger partial charge in [-0.05, 0) is 26.8 Å². The Morgan fingerprint density at radius 2 is 1.94 bits per heavy atom. The second-order valence-electron chi connectivity index (χ2n) is 4.40. The standard InChI is InChI=1S/C11H15NO4/c1-11(2,3)16-10(15)12-7-5-4-6-8(12)9(13)14/h4-8H,1-3H3,(H,13,14). The number of carbonyl (C=O) groups excluding carboxylic acids is 1. The van der Waals surface area contributed by atoms with Crippen LogP contribution >= 0.6 is 0 Å². The molecule has 1 rings (SSSR count). The van der Waals surface area contributed by atoms with Gasteiger partial charge in [-0.25, -0.2) is 9.59 Å². The summed E-state index contributed by atoms with van der Waals surface area (Å²) in [5.74, 6) is -1.09. The van der Waals surface area contributed by atoms with Crippen LogP contribution in [0.15, 0.2) is 24.4 Å². The van der Waals surface area contributed by atoms with Gasteiger partial charge in [-0.1, -0.05) is 12.2 Å². The van der Waals surface area contributed by atoms with Crippen LogP contribution < -0.4 is 0 Å². The average molecular weight is 225 g/mol. The summed E-state index contributed by atoms with van der Waals surface area (Å²) in [6.45, 7) is 5.18. The zero-order valence-corrected chi connectivity index (χ0v) is 9.51. The first-order valence-corrected chi connectivity index (χ1v) is 4.90. The van der Waals surface area contributed by atoms with Gasteiger partial charge < -0.3 is 9.84 Å². The second-order valence-corrected chi connectivity index (χ2v) is 4.40. The topological polar surface area (TPSA) is 66.8 Å². The van der Waals surface area contributed by atoms with E-state index in [1.807, 2.05) is 0 Å². The highest BCUT2D eigenvalue weighted by atomic mass is 16.6. The number of rotatable bonds is 1. The molecule has 0 radical (unpaired) electrons. The van der Waals surface area contributed by atoms with Crippen molar-refractivity contribution in [1.29, 1.82) is 0 Å². The van der Waals surface area contributed by atoms with Crippen LogP contribution in [0.3, 0.4) is 0 Å². The summed E-state index contributed by atoms with van der Waals surface area (Å²) < 4.78 is 5.10. The highest BCUT2D eigenvalue weighted by Crippen LogP contribution is 2.15. The molecule has 0 aromatic carbocycles. The average Bonchev–Trinajstić information content (AvgIpc) is 2.15. The van der Waals surface area contributed by atoms with Gasteiger partial charge in [-0.2, -0.15) is 0 Å². The normalized spacial score (nSPS) is 19.7. The number of aliphatic carboxylic acids is 1. The lowest BCUT2D eigenvalue weighted by atomic mass is 10.2. The Morgan fingerprint density at radius 1 is 1.31 bits per heavy atom. The number of hydrogen-bond donors (Lipinski definition) is 1. The Morgan fingerprint density at radius 3 is 2.44 bits per heavy atom. The molecule has 0 aromatic heterocycles. The quantitative estimate of drug-likeness (QED) is 0.738. The fourth-order valence-electron chi connectivity index (χ4n) is 1.19. The summed E-state index contributed by atoms with van der Waals surface area (Å²) >= 11 is 0. The maximum atomic E-state index is 11.7. The maximum absolute atomic E-state index is 11.7. The smallest absolute Gasteiger partial charge is 0.415 e. The van der Waals surface area contributed by atoms with Crippen molar-refractivity contribution in [3.63, 3.8) is 0 Å². The zero-order chi connectivity index (χ0) is 12.3. The number of carbonyl (C=O) groups is 2. The molecule has 1 heterocycles. The molecule has 0 spiro atoms. The Kier molecular flexibility index (Phi) is 3.37. The molecule has 16 heavy (non-hydrogen) atoms. The summed E-state index contributed by atoms with van der Waals surface area (Å²) in [7, 11) is 0. The van der Waals surface area contributed by atoms with Gasteiger partial charge in [0.25, 0.3) is 0 Å². The van der Waals surface area contributed by atoms with Crippen LogP contribution in [0.1, 0.15) is 20.8 Å². The molecule has 1 N–H and O–H groups in total. The highest BCUT2D eigenvalue weighted by molar-refractivity contribution is 5.83. The van der Waals surface area contributed by atoms with Crippen molar-refractivity contribution in [3.8, 4) is 0 Å². The van der Waals surface area contributed by atoms with Gasteiger partial charge in [0.15, 0.2) is 6.04 Å². The van der Waals surface area contributed by atoms with E-state index in [2.05, 4.69) is 0 Å². The zero-order valence-electron chi connectivity index (χ0n) is 9.51. The summed E-state index contributed by atoms with van der Waals surface area (Å²) in [6.07, 6.45) is 5.32. The monoisotopic (exact) mass is 225 g/mol. The Bertz CT molecular complexity index is 351. The molecule has 5 heteroatoms. The van der Waals surface area contributed by atoms with Crippen LogP contribution in [-0.2, 0) is 9.53 Å². The van der Waals surface area contributed by atoms with E-state index in [-0.39, 0.29) is 0 Å². The molecule has 0 bridgehead atoms. The SMILES string of the molecule is CC(C)(C)OC(=O)N1C=CC=CC1C(=O)O. The van der Waals surface area contributed by atoms with Crippen LogP contribution in [0, 0.1) is 0 Å². The first kappa shape index (κ1) is 12.3. The van der Waals surface area contributed by atoms with Gasteiger partial charge in [-0.3, -0.25) is 4.90 Å². The number of allylic oxidation sites excluding steroid dienone is 2. The van der Waals surface area contributed by atoms with E-state index in [0.717, 1.165) is 4.90 Å². The molecule has 0 aromatic rings. The van der Waals surface area contributed by atoms with Crippen molar-refractivity contribution in [2.24, 2.45) is 0 Å². The minimum atomic E-state index is -1.09. The first-order valence-electron chi connectivity index (χ1n) is 4.90. The number of amides is 1. The molecule has 1 aliphatic heterocycles. The van der Waals surface area contributed by atoms with Crippen LogP contribution in [0.4, 0.5) is 4.79 Å².